The number of ether oxygens (including phenoxy) is 1. The summed E-state index contributed by atoms with van der Waals surface area (Å²) in [4.78, 5) is 19.1. The lowest BCUT2D eigenvalue weighted by atomic mass is 10.0. The molecule has 1 N–H and O–H groups in total. The average molecular weight is 319 g/mol. The summed E-state index contributed by atoms with van der Waals surface area (Å²) in [5.41, 5.74) is 2.78. The Morgan fingerprint density at radius 2 is 2.18 bits per heavy atom. The first-order chi connectivity index (χ1) is 10.6. The lowest BCUT2D eigenvalue weighted by molar-refractivity contribution is 0.0689. The van der Waals surface area contributed by atoms with Crippen LogP contribution in [0.15, 0.2) is 24.5 Å². The molecule has 0 spiro atoms. The molecule has 0 amide bonds. The van der Waals surface area contributed by atoms with Crippen molar-refractivity contribution >= 4 is 17.6 Å². The summed E-state index contributed by atoms with van der Waals surface area (Å²) in [5.74, 6) is -1.07. The third-order valence-electron chi connectivity index (χ3n) is 3.61. The van der Waals surface area contributed by atoms with Gasteiger partial charge in [-0.1, -0.05) is 23.7 Å². The second kappa shape index (κ2) is 6.02. The van der Waals surface area contributed by atoms with Crippen LogP contribution in [0.1, 0.15) is 34.5 Å². The van der Waals surface area contributed by atoms with Gasteiger partial charge in [-0.3, -0.25) is 0 Å². The van der Waals surface area contributed by atoms with E-state index < -0.39 is 5.97 Å². The van der Waals surface area contributed by atoms with E-state index in [1.54, 1.807) is 13.0 Å². The number of carboxylic acids is 1. The molecule has 0 unspecified atom stereocenters. The third kappa shape index (κ3) is 3.10. The standard InChI is InChI=1S/C16H15ClN2O3/c1-9-14(18-8-19-15(9)16(20)21)10-2-3-11(13(17)6-10)7-22-12-4-5-12/h2-3,6,8,12H,4-5,7H2,1H3,(H,20,21). The highest BCUT2D eigenvalue weighted by Gasteiger charge is 2.22. The first-order valence-corrected chi connectivity index (χ1v) is 7.39. The van der Waals surface area contributed by atoms with Crippen LogP contribution < -0.4 is 0 Å². The normalized spacial score (nSPS) is 14.1. The molecule has 0 aliphatic heterocycles. The molecule has 1 aliphatic rings. The van der Waals surface area contributed by atoms with Crippen molar-refractivity contribution in [2.24, 2.45) is 0 Å². The van der Waals surface area contributed by atoms with Crippen LogP contribution in [-0.2, 0) is 11.3 Å². The molecule has 2 aromatic rings. The van der Waals surface area contributed by atoms with Crippen molar-refractivity contribution in [1.82, 2.24) is 9.97 Å². The smallest absolute Gasteiger partial charge is 0.354 e. The maximum Gasteiger partial charge on any atom is 0.354 e. The Morgan fingerprint density at radius 1 is 1.41 bits per heavy atom. The van der Waals surface area contributed by atoms with Gasteiger partial charge in [0.15, 0.2) is 5.69 Å². The molecule has 0 bridgehead atoms. The number of rotatable bonds is 5. The summed E-state index contributed by atoms with van der Waals surface area (Å²) in [6, 6.07) is 5.55. The van der Waals surface area contributed by atoms with Crippen LogP contribution >= 0.6 is 11.6 Å². The minimum atomic E-state index is -1.07. The number of aromatic carboxylic acids is 1. The lowest BCUT2D eigenvalue weighted by Crippen LogP contribution is -2.06. The highest BCUT2D eigenvalue weighted by Crippen LogP contribution is 2.30. The zero-order chi connectivity index (χ0) is 15.7. The number of carbonyl (C=O) groups is 1. The Bertz CT molecular complexity index is 729. The Hall–Kier alpha value is -1.98. The van der Waals surface area contributed by atoms with E-state index in [-0.39, 0.29) is 5.69 Å². The van der Waals surface area contributed by atoms with Crippen molar-refractivity contribution in [1.29, 1.82) is 0 Å². The van der Waals surface area contributed by atoms with Crippen LogP contribution in [0.4, 0.5) is 0 Å². The molecular formula is C16H15ClN2O3. The van der Waals surface area contributed by atoms with E-state index in [0.717, 1.165) is 24.0 Å². The summed E-state index contributed by atoms with van der Waals surface area (Å²) in [7, 11) is 0. The molecule has 0 radical (unpaired) electrons. The summed E-state index contributed by atoms with van der Waals surface area (Å²) in [6.07, 6.45) is 3.86. The number of nitrogens with zero attached hydrogens (tertiary/aromatic N) is 2. The molecular weight excluding hydrogens is 304 g/mol. The Labute approximate surface area is 132 Å². The van der Waals surface area contributed by atoms with Crippen molar-refractivity contribution in [3.05, 3.63) is 46.4 Å². The first-order valence-electron chi connectivity index (χ1n) is 7.01. The molecule has 0 atom stereocenters. The minimum absolute atomic E-state index is 0.00210. The van der Waals surface area contributed by atoms with Gasteiger partial charge < -0.3 is 9.84 Å². The van der Waals surface area contributed by atoms with Crippen molar-refractivity contribution in [3.8, 4) is 11.3 Å². The van der Waals surface area contributed by atoms with Gasteiger partial charge in [-0.05, 0) is 31.4 Å². The Morgan fingerprint density at radius 3 is 2.82 bits per heavy atom. The molecule has 1 aliphatic carbocycles. The van der Waals surface area contributed by atoms with Crippen LogP contribution in [0, 0.1) is 6.92 Å². The van der Waals surface area contributed by atoms with Gasteiger partial charge in [-0.25, -0.2) is 14.8 Å². The van der Waals surface area contributed by atoms with Crippen LogP contribution in [0.5, 0.6) is 0 Å². The van der Waals surface area contributed by atoms with Crippen molar-refractivity contribution in [3.63, 3.8) is 0 Å². The van der Waals surface area contributed by atoms with E-state index in [0.29, 0.717) is 29.0 Å². The molecule has 22 heavy (non-hydrogen) atoms. The predicted octanol–water partition coefficient (Wildman–Crippen LogP) is 3.48. The number of benzene rings is 1. The molecule has 6 heteroatoms. The fourth-order valence-corrected chi connectivity index (χ4v) is 2.45. The van der Waals surface area contributed by atoms with Gasteiger partial charge in [0.05, 0.1) is 18.4 Å². The predicted molar refractivity (Wildman–Crippen MR) is 82.0 cm³/mol. The molecule has 1 aromatic carbocycles. The Balaban J connectivity index is 1.90. The van der Waals surface area contributed by atoms with Crippen LogP contribution in [0.3, 0.4) is 0 Å². The quantitative estimate of drug-likeness (QED) is 0.913. The van der Waals surface area contributed by atoms with E-state index in [4.69, 9.17) is 21.4 Å². The maximum absolute atomic E-state index is 11.1. The number of halogens is 1. The van der Waals surface area contributed by atoms with Crippen molar-refractivity contribution in [2.45, 2.75) is 32.5 Å². The van der Waals surface area contributed by atoms with Gasteiger partial charge in [-0.15, -0.1) is 0 Å². The first kappa shape index (κ1) is 14.9. The van der Waals surface area contributed by atoms with Crippen molar-refractivity contribution in [2.75, 3.05) is 0 Å². The molecule has 114 valence electrons. The molecule has 1 fully saturated rings. The molecule has 1 heterocycles. The van der Waals surface area contributed by atoms with E-state index in [1.807, 2.05) is 12.1 Å². The second-order valence-corrected chi connectivity index (χ2v) is 5.72. The topological polar surface area (TPSA) is 72.3 Å². The van der Waals surface area contributed by atoms with E-state index >= 15 is 0 Å². The molecule has 0 saturated heterocycles. The van der Waals surface area contributed by atoms with Crippen LogP contribution in [0.25, 0.3) is 11.3 Å². The minimum Gasteiger partial charge on any atom is -0.477 e. The van der Waals surface area contributed by atoms with Crippen LogP contribution in [-0.4, -0.2) is 27.1 Å². The largest absolute Gasteiger partial charge is 0.477 e. The number of carboxylic acid groups (broad SMARTS) is 1. The number of hydrogen-bond acceptors (Lipinski definition) is 4. The SMILES string of the molecule is Cc1c(C(=O)O)ncnc1-c1ccc(COC2CC2)c(Cl)c1. The maximum atomic E-state index is 11.1. The lowest BCUT2D eigenvalue weighted by Gasteiger charge is -2.10. The van der Waals surface area contributed by atoms with Gasteiger partial charge in [0.25, 0.3) is 0 Å². The van der Waals surface area contributed by atoms with Gasteiger partial charge >= 0.3 is 5.97 Å². The van der Waals surface area contributed by atoms with Gasteiger partial charge in [0.2, 0.25) is 0 Å². The Kier molecular flexibility index (Phi) is 4.09. The summed E-state index contributed by atoms with van der Waals surface area (Å²) in [6.45, 7) is 2.18. The molecule has 1 aromatic heterocycles. The van der Waals surface area contributed by atoms with Crippen LogP contribution in [0.2, 0.25) is 5.02 Å². The number of aromatic nitrogens is 2. The van der Waals surface area contributed by atoms with Gasteiger partial charge in [0, 0.05) is 16.1 Å². The zero-order valence-electron chi connectivity index (χ0n) is 12.0. The van der Waals surface area contributed by atoms with Gasteiger partial charge in [0.1, 0.15) is 6.33 Å². The van der Waals surface area contributed by atoms with E-state index in [2.05, 4.69) is 9.97 Å². The molecule has 1 saturated carbocycles. The fraction of sp³-hybridized carbons (Fsp3) is 0.312. The summed E-state index contributed by atoms with van der Waals surface area (Å²) < 4.78 is 5.65. The monoisotopic (exact) mass is 318 g/mol. The van der Waals surface area contributed by atoms with E-state index in [1.165, 1.54) is 6.33 Å². The van der Waals surface area contributed by atoms with E-state index in [9.17, 15) is 4.79 Å². The summed E-state index contributed by atoms with van der Waals surface area (Å²) >= 11 is 6.30. The third-order valence-corrected chi connectivity index (χ3v) is 3.96. The highest BCUT2D eigenvalue weighted by molar-refractivity contribution is 6.31. The van der Waals surface area contributed by atoms with Gasteiger partial charge in [-0.2, -0.15) is 0 Å². The molecule has 5 nitrogen and oxygen atoms in total. The summed E-state index contributed by atoms with van der Waals surface area (Å²) in [5, 5.41) is 9.72. The van der Waals surface area contributed by atoms with Crippen molar-refractivity contribution < 1.29 is 14.6 Å². The highest BCUT2D eigenvalue weighted by atomic mass is 35.5. The number of hydrogen-bond donors (Lipinski definition) is 1. The zero-order valence-corrected chi connectivity index (χ0v) is 12.8. The second-order valence-electron chi connectivity index (χ2n) is 5.32. The average Bonchev–Trinajstić information content (AvgIpc) is 3.30. The molecule has 3 rings (SSSR count). The fourth-order valence-electron chi connectivity index (χ4n) is 2.21.